The van der Waals surface area contributed by atoms with Gasteiger partial charge in [-0.15, -0.1) is 0 Å². The molecule has 0 aromatic heterocycles. The Morgan fingerprint density at radius 1 is 1.18 bits per heavy atom. The molecule has 1 amide bonds. The van der Waals surface area contributed by atoms with Gasteiger partial charge in [0.1, 0.15) is 0 Å². The molecule has 120 valence electrons. The number of halogens is 2. The maximum Gasteiger partial charge on any atom is 0.315 e. The number of amides is 1. The third kappa shape index (κ3) is 4.12. The molecule has 0 radical (unpaired) electrons. The molecule has 0 fully saturated rings. The molecule has 0 aromatic rings. The quantitative estimate of drug-likeness (QED) is 0.713. The van der Waals surface area contributed by atoms with E-state index in [1.54, 1.807) is 12.1 Å². The monoisotopic (exact) mass is 312 g/mol. The first kappa shape index (κ1) is 16.1. The predicted molar refractivity (Wildman–Crippen MR) is 79.3 cm³/mol. The summed E-state index contributed by atoms with van der Waals surface area (Å²) < 4.78 is 24.0. The van der Waals surface area contributed by atoms with Crippen LogP contribution in [0.2, 0.25) is 0 Å². The van der Waals surface area contributed by atoms with E-state index in [-0.39, 0.29) is 14.5 Å². The summed E-state index contributed by atoms with van der Waals surface area (Å²) in [6.07, 6.45) is -4.31. The average molecular weight is 312 g/mol. The van der Waals surface area contributed by atoms with Crippen LogP contribution in [-0.4, -0.2) is 41.8 Å². The molecule has 0 saturated heterocycles. The van der Waals surface area contributed by atoms with Gasteiger partial charge in [-0.05, 0) is 23.3 Å². The molecule has 0 saturated carbocycles. The van der Waals surface area contributed by atoms with Crippen molar-refractivity contribution in [3.8, 4) is 11.1 Å². The second-order valence-electron chi connectivity index (χ2n) is 4.81. The Balaban J connectivity index is 0.00000264. The van der Waals surface area contributed by atoms with E-state index in [4.69, 9.17) is 0 Å². The summed E-state index contributed by atoms with van der Waals surface area (Å²) in [4.78, 5) is 10.7. The highest BCUT2D eigenvalue weighted by molar-refractivity contribution is 5.79. The molecule has 3 N–H and O–H groups in total. The van der Waals surface area contributed by atoms with Crippen molar-refractivity contribution >= 4 is 11.6 Å². The first-order valence-electron chi connectivity index (χ1n) is 6.66. The zero-order valence-corrected chi connectivity index (χ0v) is 11.6. The summed E-state index contributed by atoms with van der Waals surface area (Å²) in [5.41, 5.74) is 2.45. The number of alkyl halides is 2. The van der Waals surface area contributed by atoms with Crippen molar-refractivity contribution in [3.63, 3.8) is 0 Å². The Kier molecular flexibility index (Phi) is 5.24. The fourth-order valence-corrected chi connectivity index (χ4v) is 1.99. The molecule has 0 bridgehead atoms. The van der Waals surface area contributed by atoms with Gasteiger partial charge >= 0.3 is 6.43 Å². The summed E-state index contributed by atoms with van der Waals surface area (Å²) in [5, 5.41) is 22.3. The normalized spacial score (nSPS) is 12.4. The topological polar surface area (TPSA) is 72.8 Å². The molecule has 7 heteroatoms. The van der Waals surface area contributed by atoms with Gasteiger partial charge in [-0.1, -0.05) is 30.3 Å². The van der Waals surface area contributed by atoms with Crippen LogP contribution in [0.4, 0.5) is 14.5 Å². The molecule has 0 unspecified atom stereocenters. The number of carbonyl (C=O) groups excluding carboxylic acids is 1. The van der Waals surface area contributed by atoms with E-state index in [1.807, 2.05) is 35.6 Å². The lowest BCUT2D eigenvalue weighted by Gasteiger charge is -2.20. The lowest BCUT2D eigenvalue weighted by molar-refractivity contribution is -0.132. The van der Waals surface area contributed by atoms with Crippen LogP contribution in [0.1, 0.15) is 1.43 Å². The van der Waals surface area contributed by atoms with Crippen molar-refractivity contribution in [3.05, 3.63) is 42.5 Å². The van der Waals surface area contributed by atoms with Crippen LogP contribution in [0, 0.1) is 0 Å². The molecule has 0 spiro atoms. The number of aliphatic hydroxyl groups excluding tert-OH is 1. The molecule has 0 heterocycles. The van der Waals surface area contributed by atoms with Crippen LogP contribution in [0.5, 0.6) is 0 Å². The van der Waals surface area contributed by atoms with Crippen molar-refractivity contribution in [1.82, 2.24) is 5.32 Å². The molecule has 1 atom stereocenters. The molecule has 5 nitrogen and oxygen atoms in total. The molecule has 0 aromatic carbocycles. The van der Waals surface area contributed by atoms with Gasteiger partial charge in [0.05, 0.1) is 18.3 Å². The Bertz CT molecular complexity index is 584. The van der Waals surface area contributed by atoms with E-state index in [2.05, 4.69) is 0 Å². The van der Waals surface area contributed by atoms with Gasteiger partial charge in [0.2, 0.25) is 0 Å². The van der Waals surface area contributed by atoms with Crippen LogP contribution in [-0.2, 0) is 4.79 Å². The van der Waals surface area contributed by atoms with Gasteiger partial charge < -0.3 is 10.4 Å². The SMILES string of the molecule is O=C(NC[C@H](O)CN(O)c1ccc2cccc-2cc1)C(F)F.[HH]. The maximum absolute atomic E-state index is 12.0. The van der Waals surface area contributed by atoms with E-state index < -0.39 is 18.4 Å². The van der Waals surface area contributed by atoms with Crippen molar-refractivity contribution in [2.24, 2.45) is 0 Å². The van der Waals surface area contributed by atoms with Crippen LogP contribution in [0.3, 0.4) is 0 Å². The summed E-state index contributed by atoms with van der Waals surface area (Å²) in [7, 11) is 0. The third-order valence-electron chi connectivity index (χ3n) is 3.14. The van der Waals surface area contributed by atoms with Crippen molar-refractivity contribution < 1.29 is 25.3 Å². The van der Waals surface area contributed by atoms with Gasteiger partial charge in [0, 0.05) is 7.97 Å². The molecular weight excluding hydrogens is 294 g/mol. The fraction of sp³-hybridized carbons (Fsp3) is 0.267. The number of hydrogen-bond acceptors (Lipinski definition) is 4. The molecular formula is C15H18F2N2O3. The van der Waals surface area contributed by atoms with Crippen LogP contribution in [0.15, 0.2) is 42.5 Å². The summed E-state index contributed by atoms with van der Waals surface area (Å²) in [6, 6.07) is 12.7. The molecule has 2 aliphatic rings. The number of rotatable bonds is 6. The largest absolute Gasteiger partial charge is 0.389 e. The van der Waals surface area contributed by atoms with Crippen molar-refractivity contribution in [2.75, 3.05) is 18.2 Å². The highest BCUT2D eigenvalue weighted by Crippen LogP contribution is 2.24. The van der Waals surface area contributed by atoms with Gasteiger partial charge in [-0.25, -0.2) is 0 Å². The number of nitrogens with zero attached hydrogens (tertiary/aromatic N) is 1. The molecule has 0 aliphatic heterocycles. The van der Waals surface area contributed by atoms with E-state index in [0.29, 0.717) is 5.69 Å². The highest BCUT2D eigenvalue weighted by Gasteiger charge is 2.17. The lowest BCUT2D eigenvalue weighted by atomic mass is 10.2. The Morgan fingerprint density at radius 3 is 2.32 bits per heavy atom. The minimum Gasteiger partial charge on any atom is -0.389 e. The second kappa shape index (κ2) is 7.15. The van der Waals surface area contributed by atoms with Crippen molar-refractivity contribution in [2.45, 2.75) is 12.5 Å². The maximum atomic E-state index is 12.0. The molecule has 22 heavy (non-hydrogen) atoms. The summed E-state index contributed by atoms with van der Waals surface area (Å²) in [6.45, 7) is -0.593. The smallest absolute Gasteiger partial charge is 0.315 e. The minimum atomic E-state index is -3.13. The first-order chi connectivity index (χ1) is 10.5. The van der Waals surface area contributed by atoms with Crippen LogP contribution >= 0.6 is 0 Å². The number of nitrogens with one attached hydrogen (secondary N) is 1. The summed E-state index contributed by atoms with van der Waals surface area (Å²) >= 11 is 0. The Labute approximate surface area is 127 Å². The van der Waals surface area contributed by atoms with Gasteiger partial charge in [-0.2, -0.15) is 8.78 Å². The van der Waals surface area contributed by atoms with E-state index in [1.165, 1.54) is 0 Å². The molecule has 2 rings (SSSR count). The van der Waals surface area contributed by atoms with Crippen LogP contribution in [0.25, 0.3) is 11.1 Å². The minimum absolute atomic E-state index is 0. The number of hydrogen-bond donors (Lipinski definition) is 3. The number of aliphatic hydroxyl groups is 1. The van der Waals surface area contributed by atoms with Crippen LogP contribution < -0.4 is 10.4 Å². The highest BCUT2D eigenvalue weighted by atomic mass is 19.3. The second-order valence-corrected chi connectivity index (χ2v) is 4.81. The standard InChI is InChI=1S/C15H16F2N2O3.H2/c16-14(17)15(21)18-8-13(20)9-19(22)12-6-4-10-2-1-3-11(10)5-7-12;/h1-7,13-14,20,22H,8-9H2,(H,18,21);1H/t13-;/m0./s1. The fourth-order valence-electron chi connectivity index (χ4n) is 1.99. The average Bonchev–Trinajstić information content (AvgIpc) is 2.83. The lowest BCUT2D eigenvalue weighted by Crippen LogP contribution is -2.41. The van der Waals surface area contributed by atoms with Gasteiger partial charge in [-0.3, -0.25) is 15.1 Å². The molecule has 2 aliphatic carbocycles. The van der Waals surface area contributed by atoms with Gasteiger partial charge in [0.25, 0.3) is 5.91 Å². The van der Waals surface area contributed by atoms with E-state index in [9.17, 15) is 23.9 Å². The Hall–Kier alpha value is -2.25. The number of anilines is 1. The zero-order valence-electron chi connectivity index (χ0n) is 11.6. The van der Waals surface area contributed by atoms with Crippen molar-refractivity contribution in [1.29, 1.82) is 0 Å². The Morgan fingerprint density at radius 2 is 1.77 bits per heavy atom. The van der Waals surface area contributed by atoms with Gasteiger partial charge in [0.15, 0.2) is 0 Å². The number of fused-ring (bicyclic) bond motifs is 1. The predicted octanol–water partition coefficient (Wildman–Crippen LogP) is 1.98. The third-order valence-corrected chi connectivity index (χ3v) is 3.14. The first-order valence-corrected chi connectivity index (χ1v) is 6.66. The zero-order chi connectivity index (χ0) is 16.1. The number of carbonyl (C=O) groups is 1. The van der Waals surface area contributed by atoms with E-state index in [0.717, 1.165) is 16.2 Å². The number of hydroxylamine groups is 1. The summed E-state index contributed by atoms with van der Waals surface area (Å²) in [5.74, 6) is -1.45. The van der Waals surface area contributed by atoms with E-state index >= 15 is 0 Å².